The highest BCUT2D eigenvalue weighted by Gasteiger charge is 2.01. The van der Waals surface area contributed by atoms with Crippen molar-refractivity contribution in [1.29, 1.82) is 0 Å². The predicted octanol–water partition coefficient (Wildman–Crippen LogP) is 2.96. The van der Waals surface area contributed by atoms with Gasteiger partial charge in [-0.15, -0.1) is 0 Å². The number of hydrogen-bond donors (Lipinski definition) is 2. The summed E-state index contributed by atoms with van der Waals surface area (Å²) in [6.45, 7) is 0. The Bertz CT molecular complexity index is 689. The summed E-state index contributed by atoms with van der Waals surface area (Å²) in [5.41, 5.74) is 7.42. The lowest BCUT2D eigenvalue weighted by Crippen LogP contribution is -1.95. The first kappa shape index (κ1) is 10.5. The summed E-state index contributed by atoms with van der Waals surface area (Å²) in [6, 6.07) is 11.6. The Hall–Kier alpha value is -2.62. The van der Waals surface area contributed by atoms with E-state index in [1.54, 1.807) is 24.5 Å². The Labute approximate surface area is 104 Å². The number of anilines is 3. The molecule has 3 aromatic rings. The zero-order valence-corrected chi connectivity index (χ0v) is 9.67. The zero-order chi connectivity index (χ0) is 12.4. The van der Waals surface area contributed by atoms with Crippen LogP contribution in [0.2, 0.25) is 0 Å². The summed E-state index contributed by atoms with van der Waals surface area (Å²) in [5, 5.41) is 5.47. The molecule has 0 saturated carbocycles. The number of aromatic nitrogens is 2. The number of nitrogens with one attached hydrogen (secondary N) is 1. The van der Waals surface area contributed by atoms with Gasteiger partial charge in [0.15, 0.2) is 0 Å². The van der Waals surface area contributed by atoms with E-state index in [1.165, 1.54) is 0 Å². The van der Waals surface area contributed by atoms with Crippen molar-refractivity contribution < 1.29 is 0 Å². The van der Waals surface area contributed by atoms with Crippen LogP contribution in [0.5, 0.6) is 0 Å². The maximum Gasteiger partial charge on any atom is 0.132 e. The third kappa shape index (κ3) is 1.96. The first-order chi connectivity index (χ1) is 8.83. The van der Waals surface area contributed by atoms with Crippen molar-refractivity contribution in [2.45, 2.75) is 0 Å². The molecule has 0 saturated heterocycles. The van der Waals surface area contributed by atoms with Gasteiger partial charge in [-0.2, -0.15) is 0 Å². The van der Waals surface area contributed by atoms with Crippen molar-refractivity contribution in [3.05, 3.63) is 55.0 Å². The number of pyridine rings is 2. The van der Waals surface area contributed by atoms with Crippen molar-refractivity contribution in [3.63, 3.8) is 0 Å². The third-order valence-electron chi connectivity index (χ3n) is 2.73. The minimum atomic E-state index is 0.689. The molecule has 2 heterocycles. The lowest BCUT2D eigenvalue weighted by Gasteiger charge is -2.09. The van der Waals surface area contributed by atoms with Gasteiger partial charge in [0, 0.05) is 46.8 Å². The van der Waals surface area contributed by atoms with Gasteiger partial charge in [-0.1, -0.05) is 12.1 Å². The molecule has 0 aliphatic rings. The summed E-state index contributed by atoms with van der Waals surface area (Å²) >= 11 is 0. The number of nitrogens with two attached hydrogens (primary N) is 1. The Balaban J connectivity index is 2.05. The molecule has 4 nitrogen and oxygen atoms in total. The van der Waals surface area contributed by atoms with Crippen molar-refractivity contribution in [3.8, 4) is 0 Å². The number of benzene rings is 1. The first-order valence-corrected chi connectivity index (χ1v) is 5.64. The highest BCUT2D eigenvalue weighted by atomic mass is 15.0. The standard InChI is InChI=1S/C14H12N4/c15-11-4-7-17-14(8-11)18-13-3-1-2-10-9-16-6-5-12(10)13/h1-9H,(H3,15,17,18). The van der Waals surface area contributed by atoms with Crippen LogP contribution >= 0.6 is 0 Å². The summed E-state index contributed by atoms with van der Waals surface area (Å²) in [6.07, 6.45) is 5.30. The molecule has 18 heavy (non-hydrogen) atoms. The summed E-state index contributed by atoms with van der Waals surface area (Å²) < 4.78 is 0. The van der Waals surface area contributed by atoms with E-state index in [2.05, 4.69) is 15.3 Å². The van der Waals surface area contributed by atoms with Crippen molar-refractivity contribution in [1.82, 2.24) is 9.97 Å². The molecular formula is C14H12N4. The van der Waals surface area contributed by atoms with Gasteiger partial charge in [0.05, 0.1) is 0 Å². The molecule has 0 unspecified atom stereocenters. The van der Waals surface area contributed by atoms with Gasteiger partial charge in [0.2, 0.25) is 0 Å². The Morgan fingerprint density at radius 1 is 1.06 bits per heavy atom. The molecular weight excluding hydrogens is 224 g/mol. The topological polar surface area (TPSA) is 63.8 Å². The molecule has 0 spiro atoms. The van der Waals surface area contributed by atoms with Gasteiger partial charge in [-0.05, 0) is 18.2 Å². The lowest BCUT2D eigenvalue weighted by molar-refractivity contribution is 1.31. The maximum atomic E-state index is 5.73. The van der Waals surface area contributed by atoms with E-state index in [0.717, 1.165) is 22.3 Å². The normalized spacial score (nSPS) is 10.4. The molecule has 0 aliphatic heterocycles. The van der Waals surface area contributed by atoms with Gasteiger partial charge < -0.3 is 11.1 Å². The number of rotatable bonds is 2. The third-order valence-corrected chi connectivity index (χ3v) is 2.73. The molecule has 0 fully saturated rings. The molecule has 0 aliphatic carbocycles. The molecule has 1 aromatic carbocycles. The molecule has 0 radical (unpaired) electrons. The average Bonchev–Trinajstić information content (AvgIpc) is 2.39. The van der Waals surface area contributed by atoms with Crippen molar-refractivity contribution in [2.75, 3.05) is 11.1 Å². The van der Waals surface area contributed by atoms with Crippen LogP contribution in [-0.4, -0.2) is 9.97 Å². The summed E-state index contributed by atoms with van der Waals surface area (Å²) in [4.78, 5) is 8.35. The van der Waals surface area contributed by atoms with Crippen LogP contribution in [0.4, 0.5) is 17.2 Å². The van der Waals surface area contributed by atoms with E-state index in [1.807, 2.05) is 30.5 Å². The summed E-state index contributed by atoms with van der Waals surface area (Å²) in [7, 11) is 0. The van der Waals surface area contributed by atoms with Crippen molar-refractivity contribution >= 4 is 28.0 Å². The number of nitrogen functional groups attached to an aromatic ring is 1. The smallest absolute Gasteiger partial charge is 0.132 e. The molecule has 0 atom stereocenters. The number of fused-ring (bicyclic) bond motifs is 1. The number of nitrogens with zero attached hydrogens (tertiary/aromatic N) is 2. The van der Waals surface area contributed by atoms with E-state index in [4.69, 9.17) is 5.73 Å². The molecule has 3 rings (SSSR count). The highest BCUT2D eigenvalue weighted by molar-refractivity contribution is 5.94. The molecule has 0 amide bonds. The van der Waals surface area contributed by atoms with E-state index in [-0.39, 0.29) is 0 Å². The van der Waals surface area contributed by atoms with E-state index in [9.17, 15) is 0 Å². The van der Waals surface area contributed by atoms with Gasteiger partial charge in [0.25, 0.3) is 0 Å². The quantitative estimate of drug-likeness (QED) is 0.718. The van der Waals surface area contributed by atoms with Crippen LogP contribution in [0.3, 0.4) is 0 Å². The van der Waals surface area contributed by atoms with Crippen LogP contribution in [0.15, 0.2) is 55.0 Å². The van der Waals surface area contributed by atoms with E-state index in [0.29, 0.717) is 5.69 Å². The van der Waals surface area contributed by atoms with Crippen LogP contribution in [0.25, 0.3) is 10.8 Å². The second-order valence-corrected chi connectivity index (χ2v) is 4.00. The Morgan fingerprint density at radius 3 is 2.89 bits per heavy atom. The van der Waals surface area contributed by atoms with Crippen LogP contribution in [-0.2, 0) is 0 Å². The van der Waals surface area contributed by atoms with Gasteiger partial charge in [0.1, 0.15) is 5.82 Å². The molecule has 4 heteroatoms. The maximum absolute atomic E-state index is 5.73. The largest absolute Gasteiger partial charge is 0.399 e. The van der Waals surface area contributed by atoms with Gasteiger partial charge in [-0.3, -0.25) is 4.98 Å². The predicted molar refractivity (Wildman–Crippen MR) is 73.7 cm³/mol. The lowest BCUT2D eigenvalue weighted by atomic mass is 10.1. The monoisotopic (exact) mass is 236 g/mol. The zero-order valence-electron chi connectivity index (χ0n) is 9.67. The Kier molecular flexibility index (Phi) is 2.53. The van der Waals surface area contributed by atoms with E-state index < -0.39 is 0 Å². The molecule has 2 aromatic heterocycles. The molecule has 88 valence electrons. The minimum Gasteiger partial charge on any atom is -0.399 e. The Morgan fingerprint density at radius 2 is 2.00 bits per heavy atom. The number of hydrogen-bond acceptors (Lipinski definition) is 4. The minimum absolute atomic E-state index is 0.689. The fourth-order valence-corrected chi connectivity index (χ4v) is 1.88. The second kappa shape index (κ2) is 4.33. The first-order valence-electron chi connectivity index (χ1n) is 5.64. The fraction of sp³-hybridized carbons (Fsp3) is 0. The second-order valence-electron chi connectivity index (χ2n) is 4.00. The highest BCUT2D eigenvalue weighted by Crippen LogP contribution is 2.25. The average molecular weight is 236 g/mol. The van der Waals surface area contributed by atoms with Crippen LogP contribution < -0.4 is 11.1 Å². The van der Waals surface area contributed by atoms with Crippen LogP contribution in [0.1, 0.15) is 0 Å². The SMILES string of the molecule is Nc1ccnc(Nc2cccc3cnccc23)c1. The molecule has 3 N–H and O–H groups in total. The fourth-order valence-electron chi connectivity index (χ4n) is 1.88. The molecule has 0 bridgehead atoms. The van der Waals surface area contributed by atoms with Gasteiger partial charge in [-0.25, -0.2) is 4.98 Å². The summed E-state index contributed by atoms with van der Waals surface area (Å²) in [5.74, 6) is 0.735. The van der Waals surface area contributed by atoms with Crippen molar-refractivity contribution in [2.24, 2.45) is 0 Å². The van der Waals surface area contributed by atoms with Gasteiger partial charge >= 0.3 is 0 Å². The van der Waals surface area contributed by atoms with E-state index >= 15 is 0 Å². The van der Waals surface area contributed by atoms with Crippen LogP contribution in [0, 0.1) is 0 Å².